The zero-order chi connectivity index (χ0) is 35.8. The van der Waals surface area contributed by atoms with E-state index in [4.69, 9.17) is 37.4 Å². The molecule has 0 aromatic heterocycles. The van der Waals surface area contributed by atoms with Crippen LogP contribution in [0.3, 0.4) is 0 Å². The van der Waals surface area contributed by atoms with Gasteiger partial charge in [-0.05, 0) is 94.7 Å². The summed E-state index contributed by atoms with van der Waals surface area (Å²) >= 11 is 14.6. The average molecular weight is 834 g/mol. The van der Waals surface area contributed by atoms with Crippen LogP contribution in [0.25, 0.3) is 0 Å². The van der Waals surface area contributed by atoms with Crippen molar-refractivity contribution in [3.63, 3.8) is 0 Å². The van der Waals surface area contributed by atoms with Gasteiger partial charge in [0.15, 0.2) is 11.5 Å². The number of amides is 2. The standard InChI is InChI=1S/C36H47Cl2IN2O8/c1-20(2)25-7-5-21(3)11-30(25)48-19-33(44)41(17-22-6-8-26(37)27(38)12-22)29-15-24(36(46)40-9-10-42)16-31(34(29)45)49-35-28(39)13-23(18-43)14-32(35)47-4/h6,8,12-14,16,20-21,25,29-31,34,42-43,45H,5,7,9-11,15,17-19H2,1-4H3,(H,40,46). The molecule has 0 saturated heterocycles. The van der Waals surface area contributed by atoms with Gasteiger partial charge >= 0.3 is 0 Å². The van der Waals surface area contributed by atoms with E-state index in [1.165, 1.54) is 18.1 Å². The second-order valence-corrected chi connectivity index (χ2v) is 15.2. The van der Waals surface area contributed by atoms with Gasteiger partial charge in [0, 0.05) is 25.1 Å². The molecule has 2 aromatic carbocycles. The Labute approximate surface area is 312 Å². The molecule has 2 aliphatic carbocycles. The Balaban J connectivity index is 1.71. The Kier molecular flexibility index (Phi) is 14.9. The van der Waals surface area contributed by atoms with Crippen LogP contribution in [0.5, 0.6) is 11.5 Å². The molecule has 6 atom stereocenters. The van der Waals surface area contributed by atoms with Crippen molar-refractivity contribution in [3.05, 3.63) is 66.7 Å². The lowest BCUT2D eigenvalue weighted by Crippen LogP contribution is -2.55. The van der Waals surface area contributed by atoms with Gasteiger partial charge in [0.2, 0.25) is 11.8 Å². The molecule has 0 radical (unpaired) electrons. The summed E-state index contributed by atoms with van der Waals surface area (Å²) in [6.45, 7) is 5.97. The van der Waals surface area contributed by atoms with Gasteiger partial charge in [-0.3, -0.25) is 9.59 Å². The topological polar surface area (TPSA) is 138 Å². The Hall–Kier alpha value is -2.13. The summed E-state index contributed by atoms with van der Waals surface area (Å²) in [6.07, 6.45) is 2.12. The van der Waals surface area contributed by atoms with Crippen LogP contribution >= 0.6 is 45.8 Å². The number of aliphatic hydroxyl groups is 3. The second-order valence-electron chi connectivity index (χ2n) is 13.2. The summed E-state index contributed by atoms with van der Waals surface area (Å²) in [5, 5.41) is 34.4. The Morgan fingerprint density at radius 1 is 1.10 bits per heavy atom. The fourth-order valence-corrected chi connectivity index (χ4v) is 7.80. The molecule has 270 valence electrons. The molecule has 1 fully saturated rings. The van der Waals surface area contributed by atoms with Crippen molar-refractivity contribution >= 4 is 57.6 Å². The molecule has 0 bridgehead atoms. The summed E-state index contributed by atoms with van der Waals surface area (Å²) < 4.78 is 18.9. The van der Waals surface area contributed by atoms with E-state index < -0.39 is 24.2 Å². The third-order valence-electron chi connectivity index (χ3n) is 9.38. The SMILES string of the molecule is COc1cc(CO)cc(I)c1OC1C=C(C(=O)NCCO)CC(N(Cc2ccc(Cl)c(Cl)c2)C(=O)COC2CC(C)CCC2C(C)C)C1O. The first kappa shape index (κ1) is 39.7. The maximum Gasteiger partial charge on any atom is 0.249 e. The molecule has 10 nitrogen and oxygen atoms in total. The Bertz CT molecular complexity index is 1490. The van der Waals surface area contributed by atoms with Crippen molar-refractivity contribution in [2.75, 3.05) is 26.9 Å². The fraction of sp³-hybridized carbons (Fsp3) is 0.556. The minimum atomic E-state index is -1.28. The van der Waals surface area contributed by atoms with Crippen LogP contribution in [0.2, 0.25) is 10.0 Å². The van der Waals surface area contributed by atoms with Gasteiger partial charge < -0.3 is 39.7 Å². The highest BCUT2D eigenvalue weighted by Crippen LogP contribution is 2.38. The van der Waals surface area contributed by atoms with Crippen molar-refractivity contribution in [2.45, 2.75) is 84.0 Å². The molecule has 49 heavy (non-hydrogen) atoms. The molecule has 2 aromatic rings. The maximum absolute atomic E-state index is 14.3. The number of benzene rings is 2. The lowest BCUT2D eigenvalue weighted by molar-refractivity contribution is -0.149. The Morgan fingerprint density at radius 3 is 2.51 bits per heavy atom. The maximum atomic E-state index is 14.3. The van der Waals surface area contributed by atoms with Gasteiger partial charge in [0.05, 0.1) is 46.1 Å². The number of nitrogens with zero attached hydrogens (tertiary/aromatic N) is 1. The van der Waals surface area contributed by atoms with Crippen LogP contribution in [-0.4, -0.2) is 83.3 Å². The van der Waals surface area contributed by atoms with Gasteiger partial charge in [-0.25, -0.2) is 0 Å². The molecule has 4 N–H and O–H groups in total. The fourth-order valence-electron chi connectivity index (χ4n) is 6.69. The molecule has 2 aliphatic rings. The van der Waals surface area contributed by atoms with E-state index in [1.54, 1.807) is 30.3 Å². The van der Waals surface area contributed by atoms with E-state index in [2.05, 4.69) is 48.7 Å². The van der Waals surface area contributed by atoms with Crippen molar-refractivity contribution in [1.82, 2.24) is 10.2 Å². The van der Waals surface area contributed by atoms with Crippen LogP contribution in [-0.2, 0) is 27.5 Å². The van der Waals surface area contributed by atoms with Gasteiger partial charge in [-0.1, -0.05) is 56.5 Å². The summed E-state index contributed by atoms with van der Waals surface area (Å²) in [7, 11) is 1.47. The van der Waals surface area contributed by atoms with E-state index in [0.29, 0.717) is 54.0 Å². The number of ether oxygens (including phenoxy) is 3. The van der Waals surface area contributed by atoms with Gasteiger partial charge in [-0.2, -0.15) is 0 Å². The van der Waals surface area contributed by atoms with E-state index in [-0.39, 0.29) is 56.9 Å². The van der Waals surface area contributed by atoms with Gasteiger partial charge in [0.1, 0.15) is 18.8 Å². The van der Waals surface area contributed by atoms with E-state index >= 15 is 0 Å². The molecule has 2 amide bonds. The van der Waals surface area contributed by atoms with Gasteiger partial charge in [0.25, 0.3) is 0 Å². The molecule has 13 heteroatoms. The lowest BCUT2D eigenvalue weighted by Gasteiger charge is -2.41. The first-order valence-corrected chi connectivity index (χ1v) is 18.5. The zero-order valence-electron chi connectivity index (χ0n) is 28.3. The van der Waals surface area contributed by atoms with Crippen LogP contribution in [0.15, 0.2) is 42.0 Å². The van der Waals surface area contributed by atoms with E-state index in [0.717, 1.165) is 19.3 Å². The quantitative estimate of drug-likeness (QED) is 0.183. The number of hydrogen-bond acceptors (Lipinski definition) is 8. The number of carbonyl (C=O) groups is 2. The summed E-state index contributed by atoms with van der Waals surface area (Å²) in [4.78, 5) is 29.1. The lowest BCUT2D eigenvalue weighted by atomic mass is 9.75. The van der Waals surface area contributed by atoms with Crippen molar-refractivity contribution < 1.29 is 39.1 Å². The monoisotopic (exact) mass is 832 g/mol. The first-order chi connectivity index (χ1) is 23.4. The highest BCUT2D eigenvalue weighted by molar-refractivity contribution is 14.1. The Morgan fingerprint density at radius 2 is 1.86 bits per heavy atom. The minimum absolute atomic E-state index is 0.0120. The molecule has 4 rings (SSSR count). The van der Waals surface area contributed by atoms with Crippen LogP contribution < -0.4 is 14.8 Å². The van der Waals surface area contributed by atoms with Gasteiger partial charge in [-0.15, -0.1) is 0 Å². The predicted octanol–water partition coefficient (Wildman–Crippen LogP) is 5.52. The largest absolute Gasteiger partial charge is 0.493 e. The molecule has 0 heterocycles. The summed E-state index contributed by atoms with van der Waals surface area (Å²) in [6, 6.07) is 7.54. The third-order valence-corrected chi connectivity index (χ3v) is 10.9. The smallest absolute Gasteiger partial charge is 0.249 e. The number of rotatable bonds is 14. The highest BCUT2D eigenvalue weighted by atomic mass is 127. The van der Waals surface area contributed by atoms with Crippen LogP contribution in [0.1, 0.15) is 57.6 Å². The molecule has 0 aliphatic heterocycles. The molecule has 1 saturated carbocycles. The summed E-state index contributed by atoms with van der Waals surface area (Å²) in [5.41, 5.74) is 1.57. The first-order valence-electron chi connectivity index (χ1n) is 16.6. The van der Waals surface area contributed by atoms with Crippen molar-refractivity contribution in [3.8, 4) is 11.5 Å². The number of nitrogens with one attached hydrogen (secondary N) is 1. The number of halogens is 3. The summed E-state index contributed by atoms with van der Waals surface area (Å²) in [5.74, 6) is 1.05. The number of carbonyl (C=O) groups excluding carboxylic acids is 2. The zero-order valence-corrected chi connectivity index (χ0v) is 32.0. The normalized spacial score (nSPS) is 23.9. The number of methoxy groups -OCH3 is 1. The van der Waals surface area contributed by atoms with Crippen LogP contribution in [0, 0.1) is 21.3 Å². The third kappa shape index (κ3) is 10.2. The van der Waals surface area contributed by atoms with E-state index in [9.17, 15) is 24.9 Å². The van der Waals surface area contributed by atoms with Crippen molar-refractivity contribution in [2.24, 2.45) is 17.8 Å². The van der Waals surface area contributed by atoms with Crippen LogP contribution in [0.4, 0.5) is 0 Å². The average Bonchev–Trinajstić information content (AvgIpc) is 3.07. The molecule has 6 unspecified atom stereocenters. The molecular weight excluding hydrogens is 786 g/mol. The molecular formula is C36H47Cl2IN2O8. The minimum Gasteiger partial charge on any atom is -0.493 e. The highest BCUT2D eigenvalue weighted by Gasteiger charge is 2.42. The second kappa shape index (κ2) is 18.4. The molecule has 0 spiro atoms. The van der Waals surface area contributed by atoms with E-state index in [1.807, 2.05) is 0 Å². The number of aliphatic hydroxyl groups excluding tert-OH is 3. The number of hydrogen-bond donors (Lipinski definition) is 4. The predicted molar refractivity (Wildman–Crippen MR) is 197 cm³/mol. The van der Waals surface area contributed by atoms with Crippen molar-refractivity contribution in [1.29, 1.82) is 0 Å².